The lowest BCUT2D eigenvalue weighted by Crippen LogP contribution is -3.15. The standard InChI is InChI=1S/C19H22N6O/c26-18(25-17(7-10-22-25)16-5-2-1-3-6-16)15-23-11-13-24(14-12-23)19-20-8-4-9-21-19/h1-6,8-10,17H,7,11-15H2/p+1/t17-/m0/s1. The molecular weight excluding hydrogens is 328 g/mol. The van der Waals surface area contributed by atoms with Gasteiger partial charge in [0.05, 0.1) is 32.2 Å². The van der Waals surface area contributed by atoms with E-state index < -0.39 is 0 Å². The fourth-order valence-corrected chi connectivity index (χ4v) is 3.56. The fraction of sp³-hybridized carbons (Fsp3) is 0.368. The maximum atomic E-state index is 12.8. The number of anilines is 1. The van der Waals surface area contributed by atoms with Gasteiger partial charge in [-0.25, -0.2) is 15.0 Å². The van der Waals surface area contributed by atoms with E-state index in [-0.39, 0.29) is 11.9 Å². The first-order valence-electron chi connectivity index (χ1n) is 9.06. The molecule has 0 radical (unpaired) electrons. The molecule has 0 unspecified atom stereocenters. The molecule has 1 amide bonds. The minimum Gasteiger partial charge on any atom is -0.330 e. The van der Waals surface area contributed by atoms with Crippen LogP contribution in [0.5, 0.6) is 0 Å². The maximum absolute atomic E-state index is 12.8. The molecule has 0 spiro atoms. The highest BCUT2D eigenvalue weighted by molar-refractivity contribution is 5.80. The van der Waals surface area contributed by atoms with Crippen molar-refractivity contribution in [2.24, 2.45) is 5.10 Å². The zero-order valence-corrected chi connectivity index (χ0v) is 14.7. The summed E-state index contributed by atoms with van der Waals surface area (Å²) >= 11 is 0. The number of nitrogens with one attached hydrogen (secondary N) is 1. The Kier molecular flexibility index (Phi) is 4.88. The number of hydrogen-bond acceptors (Lipinski definition) is 5. The molecule has 3 heterocycles. The average molecular weight is 351 g/mol. The van der Waals surface area contributed by atoms with Gasteiger partial charge in [0, 0.05) is 25.0 Å². The Morgan fingerprint density at radius 1 is 1.08 bits per heavy atom. The first-order valence-corrected chi connectivity index (χ1v) is 9.06. The van der Waals surface area contributed by atoms with Gasteiger partial charge < -0.3 is 9.80 Å². The van der Waals surface area contributed by atoms with Crippen molar-refractivity contribution in [3.8, 4) is 0 Å². The summed E-state index contributed by atoms with van der Waals surface area (Å²) in [6.07, 6.45) is 6.15. The first kappa shape index (κ1) is 16.7. The van der Waals surface area contributed by atoms with Gasteiger partial charge in [-0.05, 0) is 11.6 Å². The maximum Gasteiger partial charge on any atom is 0.298 e. The van der Waals surface area contributed by atoms with E-state index in [0.29, 0.717) is 6.54 Å². The van der Waals surface area contributed by atoms with Crippen molar-refractivity contribution in [2.75, 3.05) is 37.6 Å². The Labute approximate surface area is 153 Å². The van der Waals surface area contributed by atoms with Crippen LogP contribution in [0, 0.1) is 0 Å². The van der Waals surface area contributed by atoms with Crippen molar-refractivity contribution in [3.63, 3.8) is 0 Å². The number of nitrogens with zero attached hydrogens (tertiary/aromatic N) is 5. The van der Waals surface area contributed by atoms with Crippen LogP contribution in [0.1, 0.15) is 18.0 Å². The van der Waals surface area contributed by atoms with E-state index >= 15 is 0 Å². The quantitative estimate of drug-likeness (QED) is 0.851. The smallest absolute Gasteiger partial charge is 0.298 e. The Morgan fingerprint density at radius 2 is 1.81 bits per heavy atom. The second-order valence-electron chi connectivity index (χ2n) is 6.66. The third-order valence-electron chi connectivity index (χ3n) is 4.98. The zero-order chi connectivity index (χ0) is 17.8. The number of benzene rings is 1. The van der Waals surface area contributed by atoms with Gasteiger partial charge in [-0.2, -0.15) is 5.10 Å². The molecule has 0 saturated carbocycles. The molecule has 1 aromatic carbocycles. The summed E-state index contributed by atoms with van der Waals surface area (Å²) in [6.45, 7) is 4.00. The molecule has 26 heavy (non-hydrogen) atoms. The van der Waals surface area contributed by atoms with Gasteiger partial charge in [-0.15, -0.1) is 0 Å². The Balaban J connectivity index is 1.33. The van der Waals surface area contributed by atoms with Crippen LogP contribution in [-0.2, 0) is 4.79 Å². The normalized spacial score (nSPS) is 20.5. The molecule has 4 rings (SSSR count). The third kappa shape index (κ3) is 3.57. The molecule has 1 atom stereocenters. The van der Waals surface area contributed by atoms with Crippen LogP contribution < -0.4 is 9.80 Å². The molecule has 0 bridgehead atoms. The molecular formula is C19H23N6O+. The third-order valence-corrected chi connectivity index (χ3v) is 4.98. The zero-order valence-electron chi connectivity index (χ0n) is 14.7. The highest BCUT2D eigenvalue weighted by atomic mass is 16.2. The van der Waals surface area contributed by atoms with Gasteiger partial charge in [0.1, 0.15) is 0 Å². The van der Waals surface area contributed by atoms with Crippen LogP contribution in [0.4, 0.5) is 5.95 Å². The largest absolute Gasteiger partial charge is 0.330 e. The van der Waals surface area contributed by atoms with E-state index in [2.05, 4.69) is 32.1 Å². The lowest BCUT2D eigenvalue weighted by Gasteiger charge is -2.32. The topological polar surface area (TPSA) is 66.1 Å². The molecule has 7 heteroatoms. The second kappa shape index (κ2) is 7.61. The Hall–Kier alpha value is -2.80. The molecule has 1 aromatic heterocycles. The number of hydrazone groups is 1. The van der Waals surface area contributed by atoms with Gasteiger partial charge >= 0.3 is 0 Å². The highest BCUT2D eigenvalue weighted by Crippen LogP contribution is 2.27. The number of quaternary nitrogens is 1. The Bertz CT molecular complexity index is 758. The second-order valence-corrected chi connectivity index (χ2v) is 6.66. The van der Waals surface area contributed by atoms with Crippen LogP contribution in [0.2, 0.25) is 0 Å². The summed E-state index contributed by atoms with van der Waals surface area (Å²) in [5.41, 5.74) is 1.14. The van der Waals surface area contributed by atoms with Crippen molar-refractivity contribution >= 4 is 18.1 Å². The van der Waals surface area contributed by atoms with E-state index in [4.69, 9.17) is 0 Å². The van der Waals surface area contributed by atoms with Gasteiger partial charge in [0.25, 0.3) is 5.91 Å². The van der Waals surface area contributed by atoms with E-state index in [1.165, 1.54) is 4.90 Å². The van der Waals surface area contributed by atoms with Gasteiger partial charge in [0.15, 0.2) is 6.54 Å². The first-order chi connectivity index (χ1) is 12.8. The number of aromatic nitrogens is 2. The van der Waals surface area contributed by atoms with Crippen molar-refractivity contribution in [1.82, 2.24) is 15.0 Å². The number of hydrogen-bond donors (Lipinski definition) is 1. The molecule has 134 valence electrons. The summed E-state index contributed by atoms with van der Waals surface area (Å²) in [4.78, 5) is 24.9. The molecule has 2 aliphatic rings. The molecule has 1 N–H and O–H groups in total. The van der Waals surface area contributed by atoms with E-state index in [1.807, 2.05) is 30.5 Å². The molecule has 1 fully saturated rings. The summed E-state index contributed by atoms with van der Waals surface area (Å²) in [6, 6.07) is 12.0. The molecule has 7 nitrogen and oxygen atoms in total. The summed E-state index contributed by atoms with van der Waals surface area (Å²) in [5.74, 6) is 0.859. The van der Waals surface area contributed by atoms with Crippen molar-refractivity contribution in [1.29, 1.82) is 0 Å². The fourth-order valence-electron chi connectivity index (χ4n) is 3.56. The molecule has 2 aromatic rings. The van der Waals surface area contributed by atoms with E-state index in [9.17, 15) is 4.79 Å². The number of rotatable bonds is 4. The van der Waals surface area contributed by atoms with Crippen LogP contribution in [0.25, 0.3) is 0 Å². The van der Waals surface area contributed by atoms with Crippen LogP contribution >= 0.6 is 0 Å². The molecule has 2 aliphatic heterocycles. The monoisotopic (exact) mass is 351 g/mol. The van der Waals surface area contributed by atoms with E-state index in [1.54, 1.807) is 17.4 Å². The SMILES string of the molecule is O=C(C[NH+]1CCN(c2ncccn2)CC1)N1N=CC[C@H]1c1ccccc1. The minimum atomic E-state index is 0.0297. The van der Waals surface area contributed by atoms with Crippen molar-refractivity contribution in [3.05, 3.63) is 54.4 Å². The van der Waals surface area contributed by atoms with Crippen molar-refractivity contribution < 1.29 is 9.69 Å². The summed E-state index contributed by atoms with van der Waals surface area (Å²) < 4.78 is 0. The average Bonchev–Trinajstić information content (AvgIpc) is 3.20. The van der Waals surface area contributed by atoms with Crippen molar-refractivity contribution in [2.45, 2.75) is 12.5 Å². The minimum absolute atomic E-state index is 0.0297. The van der Waals surface area contributed by atoms with Crippen LogP contribution in [0.15, 0.2) is 53.9 Å². The molecule has 1 saturated heterocycles. The number of piperazine rings is 1. The predicted octanol–water partition coefficient (Wildman–Crippen LogP) is 0.141. The summed E-state index contributed by atoms with van der Waals surface area (Å²) in [5, 5.41) is 6.00. The lowest BCUT2D eigenvalue weighted by atomic mass is 10.0. The van der Waals surface area contributed by atoms with Gasteiger partial charge in [-0.3, -0.25) is 4.79 Å². The van der Waals surface area contributed by atoms with E-state index in [0.717, 1.165) is 44.1 Å². The number of carbonyl (C=O) groups excluding carboxylic acids is 1. The molecule has 0 aliphatic carbocycles. The number of amides is 1. The predicted molar refractivity (Wildman–Crippen MR) is 98.9 cm³/mol. The Morgan fingerprint density at radius 3 is 2.54 bits per heavy atom. The highest BCUT2D eigenvalue weighted by Gasteiger charge is 2.31. The van der Waals surface area contributed by atoms with Gasteiger partial charge in [-0.1, -0.05) is 30.3 Å². The summed E-state index contributed by atoms with van der Waals surface area (Å²) in [7, 11) is 0. The van der Waals surface area contributed by atoms with Gasteiger partial charge in [0.2, 0.25) is 5.95 Å². The number of carbonyl (C=O) groups is 1. The van der Waals surface area contributed by atoms with Crippen LogP contribution in [0.3, 0.4) is 0 Å². The van der Waals surface area contributed by atoms with Crippen LogP contribution in [-0.4, -0.2) is 59.8 Å². The lowest BCUT2D eigenvalue weighted by molar-refractivity contribution is -0.892.